The highest BCUT2D eigenvalue weighted by atomic mass is 14.9. The molecule has 1 N–H and O–H groups in total. The van der Waals surface area contributed by atoms with Crippen molar-refractivity contribution in [1.29, 1.82) is 0 Å². The first-order valence-corrected chi connectivity index (χ1v) is 6.14. The van der Waals surface area contributed by atoms with E-state index in [9.17, 15) is 0 Å². The van der Waals surface area contributed by atoms with Crippen LogP contribution in [-0.4, -0.2) is 6.54 Å². The van der Waals surface area contributed by atoms with E-state index in [1.807, 2.05) is 0 Å². The van der Waals surface area contributed by atoms with E-state index in [1.54, 1.807) is 11.1 Å². The molecule has 15 heavy (non-hydrogen) atoms. The Morgan fingerprint density at radius 1 is 1.33 bits per heavy atom. The summed E-state index contributed by atoms with van der Waals surface area (Å²) in [5.41, 5.74) is 4.50. The molecule has 0 fully saturated rings. The van der Waals surface area contributed by atoms with E-state index in [-0.39, 0.29) is 0 Å². The van der Waals surface area contributed by atoms with Crippen LogP contribution in [-0.2, 0) is 6.42 Å². The van der Waals surface area contributed by atoms with Crippen molar-refractivity contribution in [3.05, 3.63) is 34.9 Å². The summed E-state index contributed by atoms with van der Waals surface area (Å²) in [6, 6.07) is 7.52. The molecule has 0 saturated carbocycles. The third-order valence-corrected chi connectivity index (χ3v) is 3.32. The second kappa shape index (κ2) is 4.80. The van der Waals surface area contributed by atoms with E-state index in [4.69, 9.17) is 0 Å². The van der Waals surface area contributed by atoms with E-state index in [0.717, 1.165) is 6.54 Å². The molecular formula is C14H21N. The maximum atomic E-state index is 3.61. The van der Waals surface area contributed by atoms with E-state index in [0.29, 0.717) is 6.04 Å². The van der Waals surface area contributed by atoms with E-state index in [2.05, 4.69) is 37.4 Å². The molecule has 1 aromatic carbocycles. The average molecular weight is 203 g/mol. The monoisotopic (exact) mass is 203 g/mol. The number of nitrogens with one attached hydrogen (secondary N) is 1. The molecule has 0 bridgehead atoms. The van der Waals surface area contributed by atoms with Crippen molar-refractivity contribution >= 4 is 0 Å². The summed E-state index contributed by atoms with van der Waals surface area (Å²) in [6.45, 7) is 5.45. The molecule has 1 atom stereocenters. The second-order valence-electron chi connectivity index (χ2n) is 4.56. The van der Waals surface area contributed by atoms with Crippen LogP contribution in [0.1, 0.15) is 48.9 Å². The summed E-state index contributed by atoms with van der Waals surface area (Å²) >= 11 is 0. The average Bonchev–Trinajstić information content (AvgIpc) is 2.42. The lowest BCUT2D eigenvalue weighted by Crippen LogP contribution is -2.21. The van der Waals surface area contributed by atoms with Crippen LogP contribution in [0.5, 0.6) is 0 Å². The zero-order valence-electron chi connectivity index (χ0n) is 9.84. The number of benzene rings is 1. The zero-order chi connectivity index (χ0) is 10.7. The number of aryl methyl sites for hydroxylation is 2. The molecule has 0 aromatic heterocycles. The Morgan fingerprint density at radius 3 is 3.00 bits per heavy atom. The minimum absolute atomic E-state index is 0.590. The minimum atomic E-state index is 0.590. The van der Waals surface area contributed by atoms with Gasteiger partial charge in [-0.3, -0.25) is 0 Å². The second-order valence-corrected chi connectivity index (χ2v) is 4.56. The smallest absolute Gasteiger partial charge is 0.0322 e. The molecule has 0 heterocycles. The van der Waals surface area contributed by atoms with Crippen LogP contribution in [0, 0.1) is 6.92 Å². The van der Waals surface area contributed by atoms with Gasteiger partial charge in [-0.15, -0.1) is 0 Å². The fourth-order valence-corrected chi connectivity index (χ4v) is 2.54. The highest BCUT2D eigenvalue weighted by Crippen LogP contribution is 2.29. The van der Waals surface area contributed by atoms with Crippen molar-refractivity contribution < 1.29 is 0 Å². The van der Waals surface area contributed by atoms with Gasteiger partial charge >= 0.3 is 0 Å². The summed E-state index contributed by atoms with van der Waals surface area (Å²) in [6.07, 6.45) is 5.26. The molecule has 1 unspecified atom stereocenters. The molecule has 82 valence electrons. The molecule has 1 nitrogen and oxygen atoms in total. The first-order valence-electron chi connectivity index (χ1n) is 6.14. The predicted molar refractivity (Wildman–Crippen MR) is 65.2 cm³/mol. The molecule has 2 rings (SSSR count). The maximum absolute atomic E-state index is 3.61. The molecule has 0 amide bonds. The first kappa shape index (κ1) is 10.7. The number of hydrogen-bond donors (Lipinski definition) is 1. The summed E-state index contributed by atoms with van der Waals surface area (Å²) in [5, 5.41) is 3.61. The van der Waals surface area contributed by atoms with Gasteiger partial charge in [0.1, 0.15) is 0 Å². The lowest BCUT2D eigenvalue weighted by molar-refractivity contribution is 0.503. The van der Waals surface area contributed by atoms with Crippen molar-refractivity contribution in [2.75, 3.05) is 6.54 Å². The molecule has 1 aromatic rings. The molecular weight excluding hydrogens is 182 g/mol. The molecule has 0 saturated heterocycles. The fraction of sp³-hybridized carbons (Fsp3) is 0.571. The van der Waals surface area contributed by atoms with Gasteiger partial charge in [-0.25, -0.2) is 0 Å². The van der Waals surface area contributed by atoms with Gasteiger partial charge in [0.25, 0.3) is 0 Å². The highest BCUT2D eigenvalue weighted by Gasteiger charge is 2.17. The predicted octanol–water partition coefficient (Wildman–Crippen LogP) is 3.37. The van der Waals surface area contributed by atoms with Gasteiger partial charge in [0.05, 0.1) is 0 Å². The Hall–Kier alpha value is -0.820. The molecule has 0 radical (unpaired) electrons. The van der Waals surface area contributed by atoms with Gasteiger partial charge < -0.3 is 5.32 Å². The topological polar surface area (TPSA) is 12.0 Å². The number of hydrogen-bond acceptors (Lipinski definition) is 1. The van der Waals surface area contributed by atoms with Gasteiger partial charge in [-0.2, -0.15) is 0 Å². The van der Waals surface area contributed by atoms with E-state index < -0.39 is 0 Å². The Balaban J connectivity index is 2.33. The Bertz CT molecular complexity index is 330. The summed E-state index contributed by atoms with van der Waals surface area (Å²) < 4.78 is 0. The molecule has 0 spiro atoms. The quantitative estimate of drug-likeness (QED) is 0.727. The molecule has 1 heteroatoms. The van der Waals surface area contributed by atoms with Crippen molar-refractivity contribution in [1.82, 2.24) is 5.32 Å². The SMILES string of the molecule is CCNC1CCCCc2ccc(C)cc21. The lowest BCUT2D eigenvalue weighted by atomic mass is 9.97. The van der Waals surface area contributed by atoms with Crippen molar-refractivity contribution in [3.8, 4) is 0 Å². The third-order valence-electron chi connectivity index (χ3n) is 3.32. The maximum Gasteiger partial charge on any atom is 0.0322 e. The zero-order valence-corrected chi connectivity index (χ0v) is 9.84. The van der Waals surface area contributed by atoms with Crippen LogP contribution in [0.2, 0.25) is 0 Å². The lowest BCUT2D eigenvalue weighted by Gasteiger charge is -2.19. The standard InChI is InChI=1S/C14H21N/c1-3-15-14-7-5-4-6-12-9-8-11(2)10-13(12)14/h8-10,14-15H,3-7H2,1-2H3. The Kier molecular flexibility index (Phi) is 3.42. The Labute approximate surface area is 92.9 Å². The normalized spacial score (nSPS) is 20.8. The summed E-state index contributed by atoms with van der Waals surface area (Å²) in [5.74, 6) is 0. The van der Waals surface area contributed by atoms with Crippen LogP contribution in [0.4, 0.5) is 0 Å². The van der Waals surface area contributed by atoms with Gasteiger partial charge in [0.2, 0.25) is 0 Å². The van der Waals surface area contributed by atoms with Gasteiger partial charge in [-0.1, -0.05) is 37.1 Å². The van der Waals surface area contributed by atoms with Crippen LogP contribution in [0.3, 0.4) is 0 Å². The Morgan fingerprint density at radius 2 is 2.20 bits per heavy atom. The number of rotatable bonds is 2. The van der Waals surface area contributed by atoms with Crippen molar-refractivity contribution in [2.24, 2.45) is 0 Å². The van der Waals surface area contributed by atoms with Crippen molar-refractivity contribution in [2.45, 2.75) is 45.6 Å². The molecule has 0 aliphatic heterocycles. The fourth-order valence-electron chi connectivity index (χ4n) is 2.54. The first-order chi connectivity index (χ1) is 7.31. The van der Waals surface area contributed by atoms with Crippen LogP contribution in [0.15, 0.2) is 18.2 Å². The van der Waals surface area contributed by atoms with E-state index in [1.165, 1.54) is 31.2 Å². The van der Waals surface area contributed by atoms with Gasteiger partial charge in [0, 0.05) is 6.04 Å². The van der Waals surface area contributed by atoms with Crippen LogP contribution >= 0.6 is 0 Å². The van der Waals surface area contributed by atoms with Crippen molar-refractivity contribution in [3.63, 3.8) is 0 Å². The van der Waals surface area contributed by atoms with Crippen LogP contribution in [0.25, 0.3) is 0 Å². The highest BCUT2D eigenvalue weighted by molar-refractivity contribution is 5.34. The molecule has 1 aliphatic carbocycles. The molecule has 1 aliphatic rings. The summed E-state index contributed by atoms with van der Waals surface area (Å²) in [4.78, 5) is 0. The van der Waals surface area contributed by atoms with Crippen LogP contribution < -0.4 is 5.32 Å². The summed E-state index contributed by atoms with van der Waals surface area (Å²) in [7, 11) is 0. The van der Waals surface area contributed by atoms with Gasteiger partial charge in [-0.05, 0) is 43.9 Å². The largest absolute Gasteiger partial charge is 0.310 e. The number of fused-ring (bicyclic) bond motifs is 1. The third kappa shape index (κ3) is 2.40. The minimum Gasteiger partial charge on any atom is -0.310 e. The van der Waals surface area contributed by atoms with Gasteiger partial charge in [0.15, 0.2) is 0 Å². The van der Waals surface area contributed by atoms with E-state index >= 15 is 0 Å².